The molecule has 0 atom stereocenters. The lowest BCUT2D eigenvalue weighted by atomic mass is 10.2. The summed E-state index contributed by atoms with van der Waals surface area (Å²) in [5.41, 5.74) is 6.69. The van der Waals surface area contributed by atoms with Crippen LogP contribution in [0.3, 0.4) is 0 Å². The predicted octanol–water partition coefficient (Wildman–Crippen LogP) is 1.34. The van der Waals surface area contributed by atoms with Gasteiger partial charge < -0.3 is 5.73 Å². The van der Waals surface area contributed by atoms with Gasteiger partial charge in [0.25, 0.3) is 10.0 Å². The van der Waals surface area contributed by atoms with Gasteiger partial charge >= 0.3 is 0 Å². The number of nitrogen functional groups attached to an aromatic ring is 1. The van der Waals surface area contributed by atoms with Gasteiger partial charge in [0.2, 0.25) is 0 Å². The zero-order chi connectivity index (χ0) is 14.2. The molecular formula is C12H11N5O2S. The molecule has 0 unspecified atom stereocenters. The number of hydrogen-bond donors (Lipinski definition) is 3. The normalized spacial score (nSPS) is 11.6. The van der Waals surface area contributed by atoms with Crippen molar-refractivity contribution in [3.8, 4) is 0 Å². The Hall–Kier alpha value is -2.61. The summed E-state index contributed by atoms with van der Waals surface area (Å²) in [6.45, 7) is 0. The molecule has 8 heteroatoms. The maximum Gasteiger partial charge on any atom is 0.267 e. The lowest BCUT2D eigenvalue weighted by Crippen LogP contribution is -2.14. The molecule has 0 fully saturated rings. The largest absolute Gasteiger partial charge is 0.383 e. The summed E-state index contributed by atoms with van der Waals surface area (Å²) < 4.78 is 27.0. The zero-order valence-corrected chi connectivity index (χ0v) is 11.1. The molecule has 7 nitrogen and oxygen atoms in total. The van der Waals surface area contributed by atoms with Gasteiger partial charge in [-0.15, -0.1) is 0 Å². The molecular weight excluding hydrogens is 278 g/mol. The Bertz CT molecular complexity index is 867. The predicted molar refractivity (Wildman–Crippen MR) is 75.6 cm³/mol. The number of sulfonamides is 1. The highest BCUT2D eigenvalue weighted by Gasteiger charge is 2.20. The molecule has 0 aliphatic rings. The second kappa shape index (κ2) is 4.49. The summed E-state index contributed by atoms with van der Waals surface area (Å²) in [5, 5.41) is 6.71. The smallest absolute Gasteiger partial charge is 0.267 e. The number of pyridine rings is 1. The number of H-pyrrole nitrogens is 1. The highest BCUT2D eigenvalue weighted by Crippen LogP contribution is 2.25. The van der Waals surface area contributed by atoms with Crippen molar-refractivity contribution in [3.05, 3.63) is 42.7 Å². The van der Waals surface area contributed by atoms with Gasteiger partial charge in [-0.25, -0.2) is 8.42 Å². The standard InChI is InChI=1S/C12H11N5O2S/c13-12-11(7-15-16-12)20(18,19)17-10-5-1-4-9-8(10)3-2-6-14-9/h1-7,17H,(H3,13,15,16). The molecule has 3 rings (SSSR count). The molecule has 4 N–H and O–H groups in total. The van der Waals surface area contributed by atoms with E-state index in [9.17, 15) is 8.42 Å². The highest BCUT2D eigenvalue weighted by atomic mass is 32.2. The van der Waals surface area contributed by atoms with Crippen LogP contribution in [0.5, 0.6) is 0 Å². The van der Waals surface area contributed by atoms with Crippen molar-refractivity contribution >= 4 is 32.4 Å². The maximum absolute atomic E-state index is 12.3. The number of benzene rings is 1. The number of hydrogen-bond acceptors (Lipinski definition) is 5. The van der Waals surface area contributed by atoms with E-state index in [1.165, 1.54) is 6.20 Å². The van der Waals surface area contributed by atoms with Crippen LogP contribution >= 0.6 is 0 Å². The van der Waals surface area contributed by atoms with Crippen molar-refractivity contribution in [1.82, 2.24) is 15.2 Å². The van der Waals surface area contributed by atoms with Crippen LogP contribution in [-0.4, -0.2) is 23.6 Å². The Labute approximate surface area is 114 Å². The molecule has 3 aromatic rings. The second-order valence-corrected chi connectivity index (χ2v) is 5.78. The molecule has 0 radical (unpaired) electrons. The third-order valence-corrected chi connectivity index (χ3v) is 4.20. The summed E-state index contributed by atoms with van der Waals surface area (Å²) in [6.07, 6.45) is 2.82. The van der Waals surface area contributed by atoms with Crippen molar-refractivity contribution in [2.24, 2.45) is 0 Å². The first-order chi connectivity index (χ1) is 9.58. The average molecular weight is 289 g/mol. The van der Waals surface area contributed by atoms with E-state index in [4.69, 9.17) is 5.73 Å². The molecule has 0 saturated carbocycles. The Morgan fingerprint density at radius 1 is 1.20 bits per heavy atom. The number of aromatic nitrogens is 3. The lowest BCUT2D eigenvalue weighted by Gasteiger charge is -2.09. The van der Waals surface area contributed by atoms with E-state index in [0.29, 0.717) is 16.6 Å². The first-order valence-corrected chi connectivity index (χ1v) is 7.22. The summed E-state index contributed by atoms with van der Waals surface area (Å²) in [5.74, 6) is -0.00383. The third kappa shape index (κ3) is 2.05. The van der Waals surface area contributed by atoms with Crippen molar-refractivity contribution in [2.45, 2.75) is 4.90 Å². The second-order valence-electron chi connectivity index (χ2n) is 4.13. The number of aromatic amines is 1. The zero-order valence-electron chi connectivity index (χ0n) is 10.2. The molecule has 0 aliphatic heterocycles. The summed E-state index contributed by atoms with van der Waals surface area (Å²) in [7, 11) is -3.79. The quantitative estimate of drug-likeness (QED) is 0.673. The van der Waals surface area contributed by atoms with Crippen LogP contribution in [0.2, 0.25) is 0 Å². The molecule has 2 aromatic heterocycles. The van der Waals surface area contributed by atoms with Crippen molar-refractivity contribution in [1.29, 1.82) is 0 Å². The molecule has 102 valence electrons. The molecule has 0 amide bonds. The van der Waals surface area contributed by atoms with Gasteiger partial charge in [-0.1, -0.05) is 6.07 Å². The first-order valence-electron chi connectivity index (χ1n) is 5.73. The van der Waals surface area contributed by atoms with E-state index in [1.54, 1.807) is 36.5 Å². The lowest BCUT2D eigenvalue weighted by molar-refractivity contribution is 0.601. The minimum absolute atomic E-state index is 0.00383. The van der Waals surface area contributed by atoms with Gasteiger partial charge in [0, 0.05) is 11.6 Å². The number of anilines is 2. The van der Waals surface area contributed by atoms with Gasteiger partial charge in [-0.2, -0.15) is 5.10 Å². The van der Waals surface area contributed by atoms with Crippen LogP contribution in [-0.2, 0) is 10.0 Å². The van der Waals surface area contributed by atoms with Gasteiger partial charge in [0.15, 0.2) is 0 Å². The molecule has 1 aromatic carbocycles. The first kappa shape index (κ1) is 12.4. The van der Waals surface area contributed by atoms with Crippen molar-refractivity contribution in [2.75, 3.05) is 10.5 Å². The Balaban J connectivity index is 2.08. The van der Waals surface area contributed by atoms with E-state index in [-0.39, 0.29) is 10.7 Å². The third-order valence-electron chi connectivity index (χ3n) is 2.81. The number of nitrogens with zero attached hydrogens (tertiary/aromatic N) is 2. The molecule has 0 aliphatic carbocycles. The Morgan fingerprint density at radius 3 is 2.80 bits per heavy atom. The van der Waals surface area contributed by atoms with Crippen LogP contribution in [0.1, 0.15) is 0 Å². The van der Waals surface area contributed by atoms with E-state index < -0.39 is 10.0 Å². The molecule has 0 saturated heterocycles. The highest BCUT2D eigenvalue weighted by molar-refractivity contribution is 7.92. The monoisotopic (exact) mass is 289 g/mol. The minimum atomic E-state index is -3.79. The van der Waals surface area contributed by atoms with E-state index >= 15 is 0 Å². The van der Waals surface area contributed by atoms with Crippen molar-refractivity contribution in [3.63, 3.8) is 0 Å². The molecule has 2 heterocycles. The number of rotatable bonds is 3. The van der Waals surface area contributed by atoms with Gasteiger partial charge in [-0.05, 0) is 24.3 Å². The Morgan fingerprint density at radius 2 is 2.05 bits per heavy atom. The average Bonchev–Trinajstić information content (AvgIpc) is 2.86. The fourth-order valence-electron chi connectivity index (χ4n) is 1.89. The maximum atomic E-state index is 12.3. The SMILES string of the molecule is Nc1[nH]ncc1S(=O)(=O)Nc1cccc2ncccc12. The number of fused-ring (bicyclic) bond motifs is 1. The summed E-state index contributed by atoms with van der Waals surface area (Å²) in [4.78, 5) is 4.09. The summed E-state index contributed by atoms with van der Waals surface area (Å²) in [6, 6.07) is 8.73. The minimum Gasteiger partial charge on any atom is -0.383 e. The van der Waals surface area contributed by atoms with Gasteiger partial charge in [0.1, 0.15) is 10.7 Å². The molecule has 0 bridgehead atoms. The molecule has 20 heavy (non-hydrogen) atoms. The number of nitrogens with two attached hydrogens (primary N) is 1. The van der Waals surface area contributed by atoms with Crippen LogP contribution in [0.4, 0.5) is 11.5 Å². The fraction of sp³-hybridized carbons (Fsp3) is 0. The van der Waals surface area contributed by atoms with E-state index in [1.807, 2.05) is 0 Å². The molecule has 0 spiro atoms. The summed E-state index contributed by atoms with van der Waals surface area (Å²) >= 11 is 0. The van der Waals surface area contributed by atoms with Crippen LogP contribution in [0.25, 0.3) is 10.9 Å². The van der Waals surface area contributed by atoms with Gasteiger partial charge in [0.05, 0.1) is 17.4 Å². The fourth-order valence-corrected chi connectivity index (χ4v) is 3.00. The van der Waals surface area contributed by atoms with E-state index in [0.717, 1.165) is 0 Å². The van der Waals surface area contributed by atoms with Crippen molar-refractivity contribution < 1.29 is 8.42 Å². The van der Waals surface area contributed by atoms with E-state index in [2.05, 4.69) is 19.9 Å². The van der Waals surface area contributed by atoms with Gasteiger partial charge in [-0.3, -0.25) is 14.8 Å². The van der Waals surface area contributed by atoms with Crippen LogP contribution in [0, 0.1) is 0 Å². The Kier molecular flexibility index (Phi) is 2.79. The van der Waals surface area contributed by atoms with Crippen LogP contribution in [0.15, 0.2) is 47.6 Å². The topological polar surface area (TPSA) is 114 Å². The number of nitrogens with one attached hydrogen (secondary N) is 2. The van der Waals surface area contributed by atoms with Crippen LogP contribution < -0.4 is 10.5 Å².